The molecular weight excluding hydrogens is 386 g/mol. The van der Waals surface area contributed by atoms with Crippen molar-refractivity contribution in [2.24, 2.45) is 5.92 Å². The second-order valence-corrected chi connectivity index (χ2v) is 8.38. The average Bonchev–Trinajstić information content (AvgIpc) is 3.24. The molecule has 5 heteroatoms. The summed E-state index contributed by atoms with van der Waals surface area (Å²) in [6.45, 7) is 6.05. The zero-order chi connectivity index (χ0) is 22.1. The number of rotatable bonds is 6. The molecule has 1 aliphatic heterocycles. The maximum Gasteiger partial charge on any atom is 0.267 e. The molecule has 2 aromatic rings. The zero-order valence-corrected chi connectivity index (χ0v) is 19.1. The molecule has 1 fully saturated rings. The van der Waals surface area contributed by atoms with Crippen molar-refractivity contribution in [3.8, 4) is 0 Å². The fourth-order valence-corrected chi connectivity index (χ4v) is 4.65. The van der Waals surface area contributed by atoms with Crippen molar-refractivity contribution >= 4 is 11.8 Å². The number of hydrogen-bond donors (Lipinski definition) is 2. The molecule has 5 nitrogen and oxygen atoms in total. The molecule has 2 amide bonds. The molecule has 2 heterocycles. The molecule has 1 aliphatic carbocycles. The van der Waals surface area contributed by atoms with Gasteiger partial charge >= 0.3 is 0 Å². The molecule has 1 aromatic heterocycles. The van der Waals surface area contributed by atoms with Crippen LogP contribution in [0.5, 0.6) is 0 Å². The molecule has 4 rings (SSSR count). The summed E-state index contributed by atoms with van der Waals surface area (Å²) in [5.74, 6) is 0.462. The molecule has 0 saturated heterocycles. The second kappa shape index (κ2) is 11.7. The minimum Gasteiger partial charge on any atom is -0.350 e. The van der Waals surface area contributed by atoms with Crippen LogP contribution >= 0.6 is 0 Å². The predicted octanol–water partition coefficient (Wildman–Crippen LogP) is 5.09. The van der Waals surface area contributed by atoms with Gasteiger partial charge in [0.2, 0.25) is 0 Å². The fourth-order valence-electron chi connectivity index (χ4n) is 4.65. The van der Waals surface area contributed by atoms with E-state index in [9.17, 15) is 9.59 Å². The average molecular weight is 424 g/mol. The van der Waals surface area contributed by atoms with Crippen molar-refractivity contribution in [1.82, 2.24) is 15.2 Å². The van der Waals surface area contributed by atoms with E-state index in [2.05, 4.69) is 15.2 Å². The Morgan fingerprint density at radius 2 is 1.68 bits per heavy atom. The van der Waals surface area contributed by atoms with E-state index in [1.165, 1.54) is 32.1 Å². The van der Waals surface area contributed by atoms with Gasteiger partial charge in [0, 0.05) is 25.3 Å². The molecule has 1 saturated carbocycles. The van der Waals surface area contributed by atoms with Gasteiger partial charge in [-0.3, -0.25) is 9.59 Å². The van der Waals surface area contributed by atoms with Crippen LogP contribution in [-0.2, 0) is 19.5 Å². The lowest BCUT2D eigenvalue weighted by Gasteiger charge is -2.22. The Hall–Kier alpha value is -2.56. The molecule has 1 aromatic carbocycles. The minimum absolute atomic E-state index is 0.0409. The third-order valence-electron chi connectivity index (χ3n) is 6.30. The number of carbonyl (C=O) groups is 2. The maximum absolute atomic E-state index is 12.9. The molecule has 0 atom stereocenters. The third kappa shape index (κ3) is 5.99. The molecule has 2 aliphatic rings. The van der Waals surface area contributed by atoms with Crippen LogP contribution in [0.4, 0.5) is 0 Å². The van der Waals surface area contributed by atoms with Crippen molar-refractivity contribution in [2.45, 2.75) is 78.3 Å². The SMILES string of the molecule is CC.O=C(NCc1ccccc1)c1cc(C(=O)NCC2CCCCC2)n2c1CCCC2. The highest BCUT2D eigenvalue weighted by Crippen LogP contribution is 2.25. The molecule has 0 bridgehead atoms. The predicted molar refractivity (Wildman–Crippen MR) is 125 cm³/mol. The number of fused-ring (bicyclic) bond motifs is 1. The Labute approximate surface area is 186 Å². The van der Waals surface area contributed by atoms with Gasteiger partial charge in [-0.25, -0.2) is 0 Å². The molecule has 0 spiro atoms. The highest BCUT2D eigenvalue weighted by Gasteiger charge is 2.26. The van der Waals surface area contributed by atoms with E-state index in [1.54, 1.807) is 6.07 Å². The number of nitrogens with one attached hydrogen (secondary N) is 2. The molecule has 0 unspecified atom stereocenters. The van der Waals surface area contributed by atoms with Crippen LogP contribution in [-0.4, -0.2) is 22.9 Å². The minimum atomic E-state index is -0.0918. The first-order valence-corrected chi connectivity index (χ1v) is 12.0. The number of carbonyl (C=O) groups excluding carboxylic acids is 2. The number of hydrogen-bond acceptors (Lipinski definition) is 2. The number of benzene rings is 1. The standard InChI is InChI=1S/C24H31N3O2.C2H6/c28-23(25-16-18-9-3-1-4-10-18)20-15-22(27-14-8-7-13-21(20)27)24(29)26-17-19-11-5-2-6-12-19;1-2/h1,3-4,9-10,15,19H,2,5-8,11-14,16-17H2,(H,25,28)(H,26,29);1-2H3. The topological polar surface area (TPSA) is 63.1 Å². The lowest BCUT2D eigenvalue weighted by molar-refractivity contribution is 0.0931. The van der Waals surface area contributed by atoms with Gasteiger partial charge in [0.25, 0.3) is 11.8 Å². The van der Waals surface area contributed by atoms with Crippen LogP contribution in [0.25, 0.3) is 0 Å². The summed E-state index contributed by atoms with van der Waals surface area (Å²) in [6, 6.07) is 11.7. The van der Waals surface area contributed by atoms with E-state index < -0.39 is 0 Å². The highest BCUT2D eigenvalue weighted by atomic mass is 16.2. The van der Waals surface area contributed by atoms with Crippen LogP contribution in [0.15, 0.2) is 36.4 Å². The number of aromatic nitrogens is 1. The van der Waals surface area contributed by atoms with Crippen molar-refractivity contribution in [1.29, 1.82) is 0 Å². The Morgan fingerprint density at radius 1 is 0.935 bits per heavy atom. The quantitative estimate of drug-likeness (QED) is 0.680. The van der Waals surface area contributed by atoms with Gasteiger partial charge in [-0.05, 0) is 49.7 Å². The largest absolute Gasteiger partial charge is 0.350 e. The Morgan fingerprint density at radius 3 is 2.42 bits per heavy atom. The van der Waals surface area contributed by atoms with E-state index in [1.807, 2.05) is 44.2 Å². The van der Waals surface area contributed by atoms with Gasteiger partial charge in [-0.2, -0.15) is 0 Å². The van der Waals surface area contributed by atoms with Gasteiger partial charge in [0.1, 0.15) is 5.69 Å². The number of nitrogens with zero attached hydrogens (tertiary/aromatic N) is 1. The van der Waals surface area contributed by atoms with E-state index in [4.69, 9.17) is 0 Å². The molecular formula is C26H37N3O2. The number of amides is 2. The molecule has 168 valence electrons. The molecule has 2 N–H and O–H groups in total. The summed E-state index contributed by atoms with van der Waals surface area (Å²) >= 11 is 0. The van der Waals surface area contributed by atoms with E-state index in [-0.39, 0.29) is 11.8 Å². The summed E-state index contributed by atoms with van der Waals surface area (Å²) < 4.78 is 2.07. The van der Waals surface area contributed by atoms with Crippen molar-refractivity contribution in [3.05, 3.63) is 58.9 Å². The van der Waals surface area contributed by atoms with Crippen LogP contribution in [0, 0.1) is 5.92 Å². The van der Waals surface area contributed by atoms with Gasteiger partial charge < -0.3 is 15.2 Å². The maximum atomic E-state index is 12.9. The summed E-state index contributed by atoms with van der Waals surface area (Å²) in [6.07, 6.45) is 9.24. The van der Waals surface area contributed by atoms with E-state index in [0.717, 1.165) is 43.6 Å². The Kier molecular flexibility index (Phi) is 8.74. The van der Waals surface area contributed by atoms with E-state index in [0.29, 0.717) is 23.7 Å². The first-order valence-electron chi connectivity index (χ1n) is 12.0. The van der Waals surface area contributed by atoms with Gasteiger partial charge in [0.15, 0.2) is 0 Å². The van der Waals surface area contributed by atoms with Gasteiger partial charge in [0.05, 0.1) is 5.56 Å². The molecule has 0 radical (unpaired) electrons. The second-order valence-electron chi connectivity index (χ2n) is 8.38. The van der Waals surface area contributed by atoms with Gasteiger partial charge in [-0.15, -0.1) is 0 Å². The van der Waals surface area contributed by atoms with Gasteiger partial charge in [-0.1, -0.05) is 63.4 Å². The van der Waals surface area contributed by atoms with Crippen LogP contribution < -0.4 is 10.6 Å². The zero-order valence-electron chi connectivity index (χ0n) is 19.1. The lowest BCUT2D eigenvalue weighted by Crippen LogP contribution is -2.32. The third-order valence-corrected chi connectivity index (χ3v) is 6.30. The van der Waals surface area contributed by atoms with Crippen molar-refractivity contribution in [2.75, 3.05) is 6.54 Å². The molecule has 31 heavy (non-hydrogen) atoms. The highest BCUT2D eigenvalue weighted by molar-refractivity contribution is 6.00. The first-order chi connectivity index (χ1) is 15.2. The van der Waals surface area contributed by atoms with E-state index >= 15 is 0 Å². The van der Waals surface area contributed by atoms with Crippen LogP contribution in [0.1, 0.15) is 90.9 Å². The summed E-state index contributed by atoms with van der Waals surface area (Å²) in [7, 11) is 0. The van der Waals surface area contributed by atoms with Crippen molar-refractivity contribution in [3.63, 3.8) is 0 Å². The first kappa shape index (κ1) is 23.1. The Balaban J connectivity index is 0.00000132. The smallest absolute Gasteiger partial charge is 0.267 e. The van der Waals surface area contributed by atoms with Crippen LogP contribution in [0.3, 0.4) is 0 Å². The summed E-state index contributed by atoms with van der Waals surface area (Å²) in [5, 5.41) is 6.15. The van der Waals surface area contributed by atoms with Crippen molar-refractivity contribution < 1.29 is 9.59 Å². The summed E-state index contributed by atoms with van der Waals surface area (Å²) in [5.41, 5.74) is 3.37. The normalized spacial score (nSPS) is 15.9. The lowest BCUT2D eigenvalue weighted by atomic mass is 9.89. The fraction of sp³-hybridized carbons (Fsp3) is 0.538. The Bertz CT molecular complexity index is 851. The summed E-state index contributed by atoms with van der Waals surface area (Å²) in [4.78, 5) is 25.8. The van der Waals surface area contributed by atoms with Crippen LogP contribution in [0.2, 0.25) is 0 Å². The monoisotopic (exact) mass is 423 g/mol.